The Morgan fingerprint density at radius 1 is 1.17 bits per heavy atom. The molecule has 0 fully saturated rings. The zero-order chi connectivity index (χ0) is 16.9. The number of hydrogen-bond acceptors (Lipinski definition) is 3. The molecular weight excluding hydrogens is 312 g/mol. The van der Waals surface area contributed by atoms with Gasteiger partial charge in [0.05, 0.1) is 0 Å². The molecule has 0 radical (unpaired) electrons. The van der Waals surface area contributed by atoms with Crippen LogP contribution in [0.15, 0.2) is 54.6 Å². The first-order valence-electron chi connectivity index (χ1n) is 7.39. The molecule has 0 bridgehead atoms. The molecule has 0 aliphatic heterocycles. The Morgan fingerprint density at radius 3 is 2.35 bits per heavy atom. The number of halogens is 1. The van der Waals surface area contributed by atoms with Gasteiger partial charge in [0.25, 0.3) is 5.91 Å². The molecule has 0 saturated carbocycles. The number of ether oxygens (including phenoxy) is 1. The quantitative estimate of drug-likeness (QED) is 0.853. The topological polar surface area (TPSA) is 64.3 Å². The molecule has 2 aromatic rings. The number of rotatable bonds is 6. The van der Waals surface area contributed by atoms with E-state index in [4.69, 9.17) is 22.1 Å². The number of amides is 1. The fourth-order valence-corrected chi connectivity index (χ4v) is 2.08. The van der Waals surface area contributed by atoms with Gasteiger partial charge in [-0.05, 0) is 38.1 Å². The standard InChI is InChI=1S/C18H21ClN2O2/c1-18(2,20)12-21-17(22)16(13-6-4-3-5-7-13)23-15-10-8-14(19)9-11-15/h3-11,16H,12,20H2,1-2H3,(H,21,22). The predicted octanol–water partition coefficient (Wildman–Crippen LogP) is 3.31. The summed E-state index contributed by atoms with van der Waals surface area (Å²) in [6, 6.07) is 16.3. The van der Waals surface area contributed by atoms with Crippen molar-refractivity contribution in [3.05, 3.63) is 65.2 Å². The second kappa shape index (κ2) is 7.49. The molecule has 1 unspecified atom stereocenters. The first-order chi connectivity index (χ1) is 10.8. The maximum atomic E-state index is 12.5. The highest BCUT2D eigenvalue weighted by molar-refractivity contribution is 6.30. The summed E-state index contributed by atoms with van der Waals surface area (Å²) in [5, 5.41) is 3.45. The molecule has 0 saturated heterocycles. The highest BCUT2D eigenvalue weighted by atomic mass is 35.5. The molecule has 0 aliphatic rings. The van der Waals surface area contributed by atoms with E-state index in [9.17, 15) is 4.79 Å². The van der Waals surface area contributed by atoms with Crippen molar-refractivity contribution in [2.75, 3.05) is 6.54 Å². The third-order valence-electron chi connectivity index (χ3n) is 3.13. The normalized spacial score (nSPS) is 12.5. The summed E-state index contributed by atoms with van der Waals surface area (Å²) < 4.78 is 5.87. The summed E-state index contributed by atoms with van der Waals surface area (Å²) in [6.45, 7) is 4.06. The van der Waals surface area contributed by atoms with E-state index in [-0.39, 0.29) is 5.91 Å². The summed E-state index contributed by atoms with van der Waals surface area (Å²) in [5.41, 5.74) is 6.21. The van der Waals surface area contributed by atoms with Crippen molar-refractivity contribution in [3.8, 4) is 5.75 Å². The largest absolute Gasteiger partial charge is 0.476 e. The molecule has 2 aromatic carbocycles. The van der Waals surface area contributed by atoms with Gasteiger partial charge in [-0.15, -0.1) is 0 Å². The summed E-state index contributed by atoms with van der Waals surface area (Å²) in [6.07, 6.45) is -0.750. The molecule has 5 heteroatoms. The van der Waals surface area contributed by atoms with E-state index >= 15 is 0 Å². The minimum atomic E-state index is -0.750. The molecule has 122 valence electrons. The van der Waals surface area contributed by atoms with Crippen molar-refractivity contribution in [1.29, 1.82) is 0 Å². The number of nitrogens with two attached hydrogens (primary N) is 1. The highest BCUT2D eigenvalue weighted by Crippen LogP contribution is 2.24. The smallest absolute Gasteiger partial charge is 0.265 e. The van der Waals surface area contributed by atoms with E-state index in [1.54, 1.807) is 24.3 Å². The molecule has 23 heavy (non-hydrogen) atoms. The SMILES string of the molecule is CC(C)(N)CNC(=O)C(Oc1ccc(Cl)cc1)c1ccccc1. The van der Waals surface area contributed by atoms with Crippen LogP contribution in [0.5, 0.6) is 5.75 Å². The number of benzene rings is 2. The maximum Gasteiger partial charge on any atom is 0.265 e. The summed E-state index contributed by atoms with van der Waals surface area (Å²) >= 11 is 5.88. The van der Waals surface area contributed by atoms with Crippen molar-refractivity contribution < 1.29 is 9.53 Å². The lowest BCUT2D eigenvalue weighted by molar-refractivity contribution is -0.128. The van der Waals surface area contributed by atoms with Crippen molar-refractivity contribution in [1.82, 2.24) is 5.32 Å². The Hall–Kier alpha value is -2.04. The molecule has 0 aliphatic carbocycles. The van der Waals surface area contributed by atoms with E-state index in [2.05, 4.69) is 5.32 Å². The first kappa shape index (κ1) is 17.3. The van der Waals surface area contributed by atoms with Crippen LogP contribution in [-0.2, 0) is 4.79 Å². The van der Waals surface area contributed by atoms with Crippen LogP contribution in [0.3, 0.4) is 0 Å². The van der Waals surface area contributed by atoms with Crippen LogP contribution in [0.25, 0.3) is 0 Å². The van der Waals surface area contributed by atoms with Crippen LogP contribution in [0, 0.1) is 0 Å². The number of hydrogen-bond donors (Lipinski definition) is 2. The second-order valence-electron chi connectivity index (χ2n) is 6.07. The van der Waals surface area contributed by atoms with Crippen LogP contribution >= 0.6 is 11.6 Å². The molecule has 0 heterocycles. The van der Waals surface area contributed by atoms with Crippen LogP contribution in [0.1, 0.15) is 25.5 Å². The second-order valence-corrected chi connectivity index (χ2v) is 6.51. The van der Waals surface area contributed by atoms with Gasteiger partial charge in [-0.2, -0.15) is 0 Å². The van der Waals surface area contributed by atoms with Gasteiger partial charge in [-0.1, -0.05) is 41.9 Å². The Labute approximate surface area is 141 Å². The monoisotopic (exact) mass is 332 g/mol. The van der Waals surface area contributed by atoms with Gasteiger partial charge in [0.15, 0.2) is 0 Å². The minimum absolute atomic E-state index is 0.232. The van der Waals surface area contributed by atoms with Crippen LogP contribution in [0.4, 0.5) is 0 Å². The predicted molar refractivity (Wildman–Crippen MR) is 92.5 cm³/mol. The van der Waals surface area contributed by atoms with Gasteiger partial charge >= 0.3 is 0 Å². The zero-order valence-electron chi connectivity index (χ0n) is 13.3. The lowest BCUT2D eigenvalue weighted by Crippen LogP contribution is -2.46. The molecule has 1 atom stereocenters. The molecule has 2 rings (SSSR count). The number of nitrogens with one attached hydrogen (secondary N) is 1. The summed E-state index contributed by atoms with van der Waals surface area (Å²) in [7, 11) is 0. The lowest BCUT2D eigenvalue weighted by atomic mass is 10.1. The lowest BCUT2D eigenvalue weighted by Gasteiger charge is -2.23. The Bertz CT molecular complexity index is 636. The third kappa shape index (κ3) is 5.58. The minimum Gasteiger partial charge on any atom is -0.476 e. The van der Waals surface area contributed by atoms with Gasteiger partial charge < -0.3 is 15.8 Å². The molecule has 1 amide bonds. The van der Waals surface area contributed by atoms with Gasteiger partial charge in [0, 0.05) is 22.7 Å². The van der Waals surface area contributed by atoms with Crippen molar-refractivity contribution in [3.63, 3.8) is 0 Å². The van der Waals surface area contributed by atoms with E-state index in [1.165, 1.54) is 0 Å². The van der Waals surface area contributed by atoms with Crippen LogP contribution < -0.4 is 15.8 Å². The molecule has 3 N–H and O–H groups in total. The van der Waals surface area contributed by atoms with E-state index in [0.717, 1.165) is 5.56 Å². The Kier molecular flexibility index (Phi) is 5.64. The van der Waals surface area contributed by atoms with E-state index in [0.29, 0.717) is 17.3 Å². The molecule has 0 aromatic heterocycles. The van der Waals surface area contributed by atoms with Gasteiger partial charge in [-0.3, -0.25) is 4.79 Å². The Balaban J connectivity index is 2.18. The van der Waals surface area contributed by atoms with Crippen molar-refractivity contribution in [2.24, 2.45) is 5.73 Å². The zero-order valence-corrected chi connectivity index (χ0v) is 14.0. The Morgan fingerprint density at radius 2 is 1.78 bits per heavy atom. The third-order valence-corrected chi connectivity index (χ3v) is 3.38. The van der Waals surface area contributed by atoms with E-state index < -0.39 is 11.6 Å². The fraction of sp³-hybridized carbons (Fsp3) is 0.278. The van der Waals surface area contributed by atoms with Crippen LogP contribution in [-0.4, -0.2) is 18.0 Å². The molecule has 4 nitrogen and oxygen atoms in total. The molecule has 0 spiro atoms. The average Bonchev–Trinajstić information content (AvgIpc) is 2.52. The average molecular weight is 333 g/mol. The summed E-state index contributed by atoms with van der Waals surface area (Å²) in [4.78, 5) is 12.5. The molecular formula is C18H21ClN2O2. The van der Waals surface area contributed by atoms with E-state index in [1.807, 2.05) is 44.2 Å². The van der Waals surface area contributed by atoms with Gasteiger partial charge in [-0.25, -0.2) is 0 Å². The highest BCUT2D eigenvalue weighted by Gasteiger charge is 2.24. The number of carbonyl (C=O) groups excluding carboxylic acids is 1. The van der Waals surface area contributed by atoms with Gasteiger partial charge in [0.1, 0.15) is 5.75 Å². The van der Waals surface area contributed by atoms with Crippen molar-refractivity contribution >= 4 is 17.5 Å². The maximum absolute atomic E-state index is 12.5. The first-order valence-corrected chi connectivity index (χ1v) is 7.77. The summed E-state index contributed by atoms with van der Waals surface area (Å²) in [5.74, 6) is 0.343. The van der Waals surface area contributed by atoms with Crippen molar-refractivity contribution in [2.45, 2.75) is 25.5 Å². The van der Waals surface area contributed by atoms with Crippen LogP contribution in [0.2, 0.25) is 5.02 Å². The fourth-order valence-electron chi connectivity index (χ4n) is 1.96. The van der Waals surface area contributed by atoms with Gasteiger partial charge in [0.2, 0.25) is 6.10 Å². The number of carbonyl (C=O) groups is 1.